The first-order valence-electron chi connectivity index (χ1n) is 6.44. The third-order valence-electron chi connectivity index (χ3n) is 4.06. The van der Waals surface area contributed by atoms with Gasteiger partial charge in [0.2, 0.25) is 0 Å². The van der Waals surface area contributed by atoms with Crippen molar-refractivity contribution in [2.75, 3.05) is 7.11 Å². The quantitative estimate of drug-likeness (QED) is 0.875. The third kappa shape index (κ3) is 2.37. The van der Waals surface area contributed by atoms with Crippen molar-refractivity contribution < 1.29 is 9.15 Å². The van der Waals surface area contributed by atoms with Crippen LogP contribution in [0.1, 0.15) is 36.1 Å². The predicted octanol–water partition coefficient (Wildman–Crippen LogP) is 3.52. The fourth-order valence-electron chi connectivity index (χ4n) is 2.66. The van der Waals surface area contributed by atoms with E-state index < -0.39 is 5.76 Å². The molecule has 0 aliphatic heterocycles. The Hall–Kier alpha value is -1.07. The number of rotatable bonds is 4. The van der Waals surface area contributed by atoms with E-state index in [1.165, 1.54) is 6.42 Å². The number of halogens is 1. The number of fused-ring (bicyclic) bond motifs is 1. The van der Waals surface area contributed by atoms with E-state index in [9.17, 15) is 4.79 Å². The van der Waals surface area contributed by atoms with Crippen LogP contribution in [0.3, 0.4) is 0 Å². The van der Waals surface area contributed by atoms with Crippen LogP contribution in [0.4, 0.5) is 0 Å². The molecule has 5 heteroatoms. The minimum atomic E-state index is -0.411. The molecule has 19 heavy (non-hydrogen) atoms. The number of nitrogens with one attached hydrogen (secondary N) is 1. The molecule has 1 aromatic heterocycles. The van der Waals surface area contributed by atoms with Crippen molar-refractivity contribution in [3.8, 4) is 0 Å². The number of H-pyrrole nitrogens is 1. The van der Waals surface area contributed by atoms with E-state index in [0.717, 1.165) is 30.3 Å². The molecule has 102 valence electrons. The highest BCUT2D eigenvalue weighted by atomic mass is 79.9. The van der Waals surface area contributed by atoms with Gasteiger partial charge >= 0.3 is 5.76 Å². The Morgan fingerprint density at radius 2 is 2.32 bits per heavy atom. The standard InChI is InChI=1S/C14H16BrNO3/c1-18-14(5-2-6-14)8-10(15)9-3-4-11-12(7-9)19-13(17)16-11/h3-4,7,10H,2,5-6,8H2,1H3,(H,16,17). The minimum Gasteiger partial charge on any atom is -0.408 e. The Balaban J connectivity index is 1.84. The molecule has 2 aromatic rings. The van der Waals surface area contributed by atoms with Gasteiger partial charge in [-0.3, -0.25) is 4.98 Å². The van der Waals surface area contributed by atoms with Gasteiger partial charge in [-0.15, -0.1) is 0 Å². The van der Waals surface area contributed by atoms with Gasteiger partial charge < -0.3 is 9.15 Å². The number of benzene rings is 1. The Kier molecular flexibility index (Phi) is 3.27. The summed E-state index contributed by atoms with van der Waals surface area (Å²) >= 11 is 3.72. The maximum atomic E-state index is 11.1. The van der Waals surface area contributed by atoms with Gasteiger partial charge in [0.15, 0.2) is 5.58 Å². The van der Waals surface area contributed by atoms with Crippen LogP contribution >= 0.6 is 15.9 Å². The summed E-state index contributed by atoms with van der Waals surface area (Å²) in [4.78, 5) is 14.0. The summed E-state index contributed by atoms with van der Waals surface area (Å²) in [7, 11) is 1.78. The SMILES string of the molecule is COC1(CC(Br)c2ccc3[nH]c(=O)oc3c2)CCC1. The van der Waals surface area contributed by atoms with Gasteiger partial charge in [0.25, 0.3) is 0 Å². The molecule has 0 spiro atoms. The first-order valence-corrected chi connectivity index (χ1v) is 7.35. The van der Waals surface area contributed by atoms with Crippen LogP contribution in [-0.2, 0) is 4.74 Å². The summed E-state index contributed by atoms with van der Waals surface area (Å²) in [5.41, 5.74) is 2.46. The minimum absolute atomic E-state index is 0.0160. The fourth-order valence-corrected chi connectivity index (χ4v) is 3.54. The van der Waals surface area contributed by atoms with E-state index >= 15 is 0 Å². The first kappa shape index (κ1) is 12.9. The molecule has 0 saturated heterocycles. The lowest BCUT2D eigenvalue weighted by Crippen LogP contribution is -2.39. The lowest BCUT2D eigenvalue weighted by atomic mass is 9.76. The van der Waals surface area contributed by atoms with E-state index in [1.807, 2.05) is 18.2 Å². The highest BCUT2D eigenvalue weighted by Gasteiger charge is 2.38. The summed E-state index contributed by atoms with van der Waals surface area (Å²) in [6.07, 6.45) is 4.41. The molecule has 1 unspecified atom stereocenters. The summed E-state index contributed by atoms with van der Waals surface area (Å²) < 4.78 is 10.7. The van der Waals surface area contributed by atoms with Gasteiger partial charge in [0.1, 0.15) is 0 Å². The Bertz CT molecular complexity index is 636. The maximum Gasteiger partial charge on any atom is 0.417 e. The second-order valence-electron chi connectivity index (χ2n) is 5.18. The van der Waals surface area contributed by atoms with Gasteiger partial charge in [-0.05, 0) is 43.4 Å². The number of hydrogen-bond acceptors (Lipinski definition) is 3. The molecule has 1 aromatic carbocycles. The summed E-state index contributed by atoms with van der Waals surface area (Å²) in [6.45, 7) is 0. The van der Waals surface area contributed by atoms with Crippen LogP contribution in [0, 0.1) is 0 Å². The normalized spacial score (nSPS) is 19.3. The highest BCUT2D eigenvalue weighted by molar-refractivity contribution is 9.09. The monoisotopic (exact) mass is 325 g/mol. The van der Waals surface area contributed by atoms with Crippen molar-refractivity contribution in [1.82, 2.24) is 4.98 Å². The molecular weight excluding hydrogens is 310 g/mol. The summed E-state index contributed by atoms with van der Waals surface area (Å²) in [5.74, 6) is -0.411. The second-order valence-corrected chi connectivity index (χ2v) is 6.29. The van der Waals surface area contributed by atoms with Gasteiger partial charge in [0.05, 0.1) is 11.1 Å². The zero-order valence-electron chi connectivity index (χ0n) is 10.7. The zero-order valence-corrected chi connectivity index (χ0v) is 12.3. The average Bonchev–Trinajstić information content (AvgIpc) is 2.72. The van der Waals surface area contributed by atoms with Crippen molar-refractivity contribution in [2.45, 2.75) is 36.1 Å². The predicted molar refractivity (Wildman–Crippen MR) is 76.7 cm³/mol. The van der Waals surface area contributed by atoms with Crippen LogP contribution in [0.5, 0.6) is 0 Å². The van der Waals surface area contributed by atoms with Gasteiger partial charge in [-0.25, -0.2) is 4.79 Å². The Morgan fingerprint density at radius 1 is 1.53 bits per heavy atom. The smallest absolute Gasteiger partial charge is 0.408 e. The van der Waals surface area contributed by atoms with Gasteiger partial charge in [-0.1, -0.05) is 22.0 Å². The molecule has 0 radical (unpaired) electrons. The molecular formula is C14H16BrNO3. The number of oxazole rings is 1. The third-order valence-corrected chi connectivity index (χ3v) is 4.91. The molecule has 0 bridgehead atoms. The molecule has 1 saturated carbocycles. The Labute approximate surface area is 119 Å². The number of hydrogen-bond donors (Lipinski definition) is 1. The number of methoxy groups -OCH3 is 1. The van der Waals surface area contributed by atoms with Crippen molar-refractivity contribution in [2.24, 2.45) is 0 Å². The lowest BCUT2D eigenvalue weighted by molar-refractivity contribution is -0.0773. The number of aromatic amines is 1. The largest absolute Gasteiger partial charge is 0.417 e. The molecule has 1 aliphatic carbocycles. The summed E-state index contributed by atoms with van der Waals surface area (Å²) in [6, 6.07) is 5.80. The molecule has 1 fully saturated rings. The van der Waals surface area contributed by atoms with Crippen molar-refractivity contribution in [3.05, 3.63) is 34.3 Å². The van der Waals surface area contributed by atoms with Crippen LogP contribution in [0.15, 0.2) is 27.4 Å². The Morgan fingerprint density at radius 3 is 2.95 bits per heavy atom. The average molecular weight is 326 g/mol. The van der Waals surface area contributed by atoms with E-state index in [-0.39, 0.29) is 10.4 Å². The van der Waals surface area contributed by atoms with Gasteiger partial charge in [-0.2, -0.15) is 0 Å². The van der Waals surface area contributed by atoms with Crippen LogP contribution in [0.2, 0.25) is 0 Å². The topological polar surface area (TPSA) is 55.2 Å². The molecule has 1 atom stereocenters. The van der Waals surface area contributed by atoms with Crippen molar-refractivity contribution >= 4 is 27.0 Å². The van der Waals surface area contributed by atoms with Crippen molar-refractivity contribution in [3.63, 3.8) is 0 Å². The van der Waals surface area contributed by atoms with Crippen molar-refractivity contribution in [1.29, 1.82) is 0 Å². The second kappa shape index (κ2) is 4.80. The van der Waals surface area contributed by atoms with Crippen LogP contribution in [-0.4, -0.2) is 17.7 Å². The van der Waals surface area contributed by atoms with E-state index in [1.54, 1.807) is 7.11 Å². The number of ether oxygens (including phenoxy) is 1. The fraction of sp³-hybridized carbons (Fsp3) is 0.500. The van der Waals surface area contributed by atoms with E-state index in [0.29, 0.717) is 5.58 Å². The molecule has 1 heterocycles. The first-order chi connectivity index (χ1) is 9.12. The molecule has 3 rings (SSSR count). The van der Waals surface area contributed by atoms with E-state index in [2.05, 4.69) is 20.9 Å². The lowest BCUT2D eigenvalue weighted by Gasteiger charge is -2.42. The maximum absolute atomic E-state index is 11.1. The van der Waals surface area contributed by atoms with Gasteiger partial charge in [0, 0.05) is 11.9 Å². The van der Waals surface area contributed by atoms with E-state index in [4.69, 9.17) is 9.15 Å². The molecule has 1 aliphatic rings. The van der Waals surface area contributed by atoms with Crippen LogP contribution in [0.25, 0.3) is 11.1 Å². The molecule has 1 N–H and O–H groups in total. The number of alkyl halides is 1. The molecule has 0 amide bonds. The highest BCUT2D eigenvalue weighted by Crippen LogP contribution is 2.44. The zero-order chi connectivity index (χ0) is 13.5. The number of aromatic nitrogens is 1. The summed E-state index contributed by atoms with van der Waals surface area (Å²) in [5, 5.41) is 0. The van der Waals surface area contributed by atoms with Crippen LogP contribution < -0.4 is 5.76 Å². The molecule has 4 nitrogen and oxygen atoms in total.